The van der Waals surface area contributed by atoms with Gasteiger partial charge in [-0.05, 0) is 82.4 Å². The van der Waals surface area contributed by atoms with Crippen molar-refractivity contribution >= 4 is 5.91 Å². The van der Waals surface area contributed by atoms with Crippen LogP contribution in [0.1, 0.15) is 55.1 Å². The number of likely N-dealkylation sites (tertiary alicyclic amines) is 1. The number of carbonyl (C=O) groups excluding carboxylic acids is 1. The van der Waals surface area contributed by atoms with Gasteiger partial charge < -0.3 is 19.2 Å². The lowest BCUT2D eigenvalue weighted by molar-refractivity contribution is -0.101. The van der Waals surface area contributed by atoms with Crippen molar-refractivity contribution in [2.45, 2.75) is 52.7 Å². The SMILES string of the molecule is CCN(CC)C(=O)c1cccc(CN2CCC(C(C)N3Cc4ccc(OC)c(OC)c4O3)CC2)c1. The number of rotatable bonds is 9. The van der Waals surface area contributed by atoms with Crippen LogP contribution in [0.5, 0.6) is 17.2 Å². The highest BCUT2D eigenvalue weighted by Gasteiger charge is 2.35. The molecule has 0 N–H and O–H groups in total. The summed E-state index contributed by atoms with van der Waals surface area (Å²) >= 11 is 0. The molecule has 1 saturated heterocycles. The van der Waals surface area contributed by atoms with E-state index in [-0.39, 0.29) is 5.91 Å². The van der Waals surface area contributed by atoms with E-state index in [0.717, 1.165) is 69.0 Å². The summed E-state index contributed by atoms with van der Waals surface area (Å²) in [4.78, 5) is 23.4. The first-order valence-corrected chi connectivity index (χ1v) is 12.8. The summed E-state index contributed by atoms with van der Waals surface area (Å²) in [7, 11) is 3.30. The average molecular weight is 482 g/mol. The third-order valence-electron chi connectivity index (χ3n) is 7.52. The molecular weight excluding hydrogens is 442 g/mol. The first-order valence-electron chi connectivity index (χ1n) is 12.8. The standard InChI is InChI=1S/C28H39N3O4/c1-6-30(7-2)28(32)23-10-8-9-21(17-23)18-29-15-13-22(14-16-29)20(3)31-19-24-11-12-25(33-4)27(34-5)26(24)35-31/h8-12,17,20,22H,6-7,13-16,18-19H2,1-5H3. The number of ether oxygens (including phenoxy) is 2. The molecule has 1 fully saturated rings. The number of hydrogen-bond acceptors (Lipinski definition) is 6. The Bertz CT molecular complexity index is 1020. The van der Waals surface area contributed by atoms with Gasteiger partial charge in [-0.25, -0.2) is 0 Å². The number of nitrogens with zero attached hydrogens (tertiary/aromatic N) is 3. The van der Waals surface area contributed by atoms with Crippen LogP contribution >= 0.6 is 0 Å². The van der Waals surface area contributed by atoms with Crippen molar-refractivity contribution in [2.75, 3.05) is 40.4 Å². The molecule has 2 aliphatic heterocycles. The van der Waals surface area contributed by atoms with Gasteiger partial charge in [-0.15, -0.1) is 5.06 Å². The highest BCUT2D eigenvalue weighted by molar-refractivity contribution is 5.94. The number of hydrogen-bond donors (Lipinski definition) is 0. The maximum absolute atomic E-state index is 12.7. The van der Waals surface area contributed by atoms with E-state index in [1.54, 1.807) is 14.2 Å². The zero-order valence-corrected chi connectivity index (χ0v) is 21.8. The van der Waals surface area contributed by atoms with Gasteiger partial charge in [0.05, 0.1) is 20.8 Å². The Morgan fingerprint density at radius 2 is 1.86 bits per heavy atom. The first kappa shape index (κ1) is 25.3. The number of carbonyl (C=O) groups is 1. The normalized spacial score (nSPS) is 17.5. The Kier molecular flexibility index (Phi) is 8.19. The molecule has 2 aromatic carbocycles. The number of piperidine rings is 1. The molecule has 2 heterocycles. The number of benzene rings is 2. The van der Waals surface area contributed by atoms with E-state index >= 15 is 0 Å². The predicted octanol–water partition coefficient (Wildman–Crippen LogP) is 4.60. The number of methoxy groups -OCH3 is 2. The van der Waals surface area contributed by atoms with Crippen LogP contribution in [-0.4, -0.2) is 67.2 Å². The van der Waals surface area contributed by atoms with Gasteiger partial charge in [0.1, 0.15) is 0 Å². The van der Waals surface area contributed by atoms with Crippen molar-refractivity contribution in [1.29, 1.82) is 0 Å². The lowest BCUT2D eigenvalue weighted by Gasteiger charge is -2.37. The van der Waals surface area contributed by atoms with Crippen LogP contribution < -0.4 is 14.3 Å². The number of hydroxylamine groups is 2. The summed E-state index contributed by atoms with van der Waals surface area (Å²) < 4.78 is 11.0. The molecule has 0 aliphatic carbocycles. The molecule has 0 saturated carbocycles. The minimum Gasteiger partial charge on any atom is -0.493 e. The molecule has 0 radical (unpaired) electrons. The van der Waals surface area contributed by atoms with Crippen molar-refractivity contribution in [2.24, 2.45) is 5.92 Å². The largest absolute Gasteiger partial charge is 0.493 e. The molecule has 35 heavy (non-hydrogen) atoms. The maximum atomic E-state index is 12.7. The Morgan fingerprint density at radius 1 is 1.11 bits per heavy atom. The van der Waals surface area contributed by atoms with E-state index in [4.69, 9.17) is 14.3 Å². The van der Waals surface area contributed by atoms with E-state index in [2.05, 4.69) is 35.1 Å². The molecule has 0 aromatic heterocycles. The molecule has 0 spiro atoms. The van der Waals surface area contributed by atoms with Crippen molar-refractivity contribution in [3.05, 3.63) is 53.1 Å². The van der Waals surface area contributed by atoms with E-state index in [1.165, 1.54) is 5.56 Å². The number of amides is 1. The average Bonchev–Trinajstić information content (AvgIpc) is 3.33. The minimum atomic E-state index is 0.116. The monoisotopic (exact) mass is 481 g/mol. The molecular formula is C28H39N3O4. The lowest BCUT2D eigenvalue weighted by Crippen LogP contribution is -2.43. The predicted molar refractivity (Wildman–Crippen MR) is 137 cm³/mol. The highest BCUT2D eigenvalue weighted by atomic mass is 16.7. The molecule has 7 heteroatoms. The zero-order valence-electron chi connectivity index (χ0n) is 21.8. The van der Waals surface area contributed by atoms with Gasteiger partial charge in [0.2, 0.25) is 5.75 Å². The Morgan fingerprint density at radius 3 is 2.51 bits per heavy atom. The van der Waals surface area contributed by atoms with Crippen LogP contribution in [-0.2, 0) is 13.1 Å². The molecule has 1 atom stereocenters. The molecule has 7 nitrogen and oxygen atoms in total. The summed E-state index contributed by atoms with van der Waals surface area (Å²) in [6, 6.07) is 12.4. The van der Waals surface area contributed by atoms with E-state index in [0.29, 0.717) is 23.5 Å². The summed E-state index contributed by atoms with van der Waals surface area (Å²) in [5.41, 5.74) is 3.12. The maximum Gasteiger partial charge on any atom is 0.253 e. The second-order valence-electron chi connectivity index (χ2n) is 9.49. The van der Waals surface area contributed by atoms with E-state index < -0.39 is 0 Å². The Balaban J connectivity index is 1.32. The fourth-order valence-corrected chi connectivity index (χ4v) is 5.29. The number of fused-ring (bicyclic) bond motifs is 1. The van der Waals surface area contributed by atoms with Crippen LogP contribution in [0.25, 0.3) is 0 Å². The third-order valence-corrected chi connectivity index (χ3v) is 7.52. The quantitative estimate of drug-likeness (QED) is 0.522. The van der Waals surface area contributed by atoms with Gasteiger partial charge in [-0.1, -0.05) is 12.1 Å². The lowest BCUT2D eigenvalue weighted by atomic mass is 9.90. The van der Waals surface area contributed by atoms with Crippen molar-refractivity contribution in [3.8, 4) is 17.2 Å². The van der Waals surface area contributed by atoms with E-state index in [9.17, 15) is 4.79 Å². The van der Waals surface area contributed by atoms with Gasteiger partial charge in [0, 0.05) is 36.8 Å². The molecule has 0 bridgehead atoms. The van der Waals surface area contributed by atoms with Gasteiger partial charge >= 0.3 is 0 Å². The van der Waals surface area contributed by atoms with Crippen LogP contribution in [0.4, 0.5) is 0 Å². The summed E-state index contributed by atoms with van der Waals surface area (Å²) in [5.74, 6) is 2.80. The van der Waals surface area contributed by atoms with Crippen molar-refractivity contribution in [1.82, 2.24) is 14.9 Å². The fraction of sp³-hybridized carbons (Fsp3) is 0.536. The second kappa shape index (κ2) is 11.3. The van der Waals surface area contributed by atoms with Crippen LogP contribution in [0, 0.1) is 5.92 Å². The molecule has 1 amide bonds. The third kappa shape index (κ3) is 5.41. The molecule has 1 unspecified atom stereocenters. The summed E-state index contributed by atoms with van der Waals surface area (Å²) in [6.07, 6.45) is 2.24. The zero-order chi connectivity index (χ0) is 24.9. The van der Waals surface area contributed by atoms with Crippen LogP contribution in [0.2, 0.25) is 0 Å². The summed E-state index contributed by atoms with van der Waals surface area (Å²) in [5, 5.41) is 2.09. The second-order valence-corrected chi connectivity index (χ2v) is 9.49. The molecule has 4 rings (SSSR count). The van der Waals surface area contributed by atoms with Crippen LogP contribution in [0.15, 0.2) is 36.4 Å². The first-order chi connectivity index (χ1) is 17.0. The highest BCUT2D eigenvalue weighted by Crippen LogP contribution is 2.45. The van der Waals surface area contributed by atoms with Crippen LogP contribution in [0.3, 0.4) is 0 Å². The summed E-state index contributed by atoms with van der Waals surface area (Å²) in [6.45, 7) is 11.5. The van der Waals surface area contributed by atoms with Gasteiger partial charge in [-0.2, -0.15) is 0 Å². The van der Waals surface area contributed by atoms with Crippen molar-refractivity contribution in [3.63, 3.8) is 0 Å². The van der Waals surface area contributed by atoms with Gasteiger partial charge in [0.25, 0.3) is 5.91 Å². The fourth-order valence-electron chi connectivity index (χ4n) is 5.29. The topological polar surface area (TPSA) is 54.5 Å². The van der Waals surface area contributed by atoms with Gasteiger partial charge in [-0.3, -0.25) is 9.69 Å². The molecule has 190 valence electrons. The van der Waals surface area contributed by atoms with Crippen molar-refractivity contribution < 1.29 is 19.1 Å². The molecule has 2 aromatic rings. The Labute approximate surface area is 209 Å². The minimum absolute atomic E-state index is 0.116. The Hall–Kier alpha value is -2.77. The smallest absolute Gasteiger partial charge is 0.253 e. The molecule has 2 aliphatic rings. The van der Waals surface area contributed by atoms with E-state index in [1.807, 2.05) is 36.9 Å². The van der Waals surface area contributed by atoms with Gasteiger partial charge in [0.15, 0.2) is 11.5 Å².